The fourth-order valence-corrected chi connectivity index (χ4v) is 2.94. The van der Waals surface area contributed by atoms with Gasteiger partial charge in [-0.15, -0.1) is 0 Å². The molecule has 0 N–H and O–H groups in total. The molecule has 1 amide bonds. The van der Waals surface area contributed by atoms with Crippen molar-refractivity contribution in [2.24, 2.45) is 0 Å². The lowest BCUT2D eigenvalue weighted by molar-refractivity contribution is -0.154. The summed E-state index contributed by atoms with van der Waals surface area (Å²) in [6, 6.07) is 11.6. The molecular formula is C20H23NO5. The summed E-state index contributed by atoms with van der Waals surface area (Å²) >= 11 is 0. The number of benzene rings is 2. The lowest BCUT2D eigenvalue weighted by Crippen LogP contribution is -2.42. The Bertz CT molecular complexity index is 798. The number of methoxy groups -OCH3 is 1. The van der Waals surface area contributed by atoms with E-state index in [9.17, 15) is 9.59 Å². The zero-order chi connectivity index (χ0) is 18.5. The zero-order valence-electron chi connectivity index (χ0n) is 15.1. The summed E-state index contributed by atoms with van der Waals surface area (Å²) in [4.78, 5) is 26.1. The summed E-state index contributed by atoms with van der Waals surface area (Å²) in [7, 11) is 1.63. The summed E-state index contributed by atoms with van der Waals surface area (Å²) in [5.74, 6) is -0.239. The molecule has 2 aromatic rings. The van der Waals surface area contributed by atoms with Crippen molar-refractivity contribution in [1.29, 1.82) is 0 Å². The van der Waals surface area contributed by atoms with E-state index in [-0.39, 0.29) is 12.5 Å². The zero-order valence-corrected chi connectivity index (χ0v) is 15.1. The van der Waals surface area contributed by atoms with Gasteiger partial charge in [0.15, 0.2) is 6.61 Å². The lowest BCUT2D eigenvalue weighted by Gasteiger charge is -2.26. The molecule has 2 aromatic carbocycles. The van der Waals surface area contributed by atoms with Crippen LogP contribution in [0.25, 0.3) is 10.8 Å². The predicted octanol–water partition coefficient (Wildman–Crippen LogP) is 2.35. The van der Waals surface area contributed by atoms with Crippen molar-refractivity contribution < 1.29 is 23.8 Å². The smallest absolute Gasteiger partial charge is 0.313 e. The Balaban J connectivity index is 1.62. The van der Waals surface area contributed by atoms with Crippen LogP contribution in [-0.4, -0.2) is 56.8 Å². The van der Waals surface area contributed by atoms with E-state index in [4.69, 9.17) is 14.2 Å². The van der Waals surface area contributed by atoms with Crippen molar-refractivity contribution in [3.05, 3.63) is 42.0 Å². The summed E-state index contributed by atoms with van der Waals surface area (Å²) in [6.45, 7) is 3.69. The van der Waals surface area contributed by atoms with Gasteiger partial charge in [0, 0.05) is 13.1 Å². The summed E-state index contributed by atoms with van der Waals surface area (Å²) in [5, 5.41) is 2.06. The minimum Gasteiger partial charge on any atom is -0.497 e. The highest BCUT2D eigenvalue weighted by molar-refractivity contribution is 5.87. The molecule has 0 radical (unpaired) electrons. The number of ether oxygens (including phenoxy) is 3. The molecule has 26 heavy (non-hydrogen) atoms. The van der Waals surface area contributed by atoms with Crippen LogP contribution in [0.5, 0.6) is 5.75 Å². The van der Waals surface area contributed by atoms with Crippen molar-refractivity contribution >= 4 is 22.6 Å². The average Bonchev–Trinajstić information content (AvgIpc) is 2.70. The Morgan fingerprint density at radius 3 is 2.54 bits per heavy atom. The minimum atomic E-state index is -0.445. The Labute approximate surface area is 152 Å². The molecule has 1 fully saturated rings. The van der Waals surface area contributed by atoms with Crippen LogP contribution >= 0.6 is 0 Å². The van der Waals surface area contributed by atoms with Crippen LogP contribution < -0.4 is 4.74 Å². The number of carbonyl (C=O) groups excluding carboxylic acids is 2. The minimum absolute atomic E-state index is 0.181. The number of esters is 1. The SMILES string of the molecule is COc1ccc2cc(C(C)C(=O)OCC(=O)N3CCOCC3)ccc2c1. The average molecular weight is 357 g/mol. The topological polar surface area (TPSA) is 65.1 Å². The molecule has 0 spiro atoms. The second kappa shape index (κ2) is 8.19. The van der Waals surface area contributed by atoms with Gasteiger partial charge in [0.1, 0.15) is 5.75 Å². The molecule has 6 nitrogen and oxygen atoms in total. The van der Waals surface area contributed by atoms with Gasteiger partial charge in [-0.2, -0.15) is 0 Å². The first-order chi connectivity index (χ1) is 12.6. The Kier molecular flexibility index (Phi) is 5.73. The second-order valence-electron chi connectivity index (χ2n) is 6.30. The van der Waals surface area contributed by atoms with E-state index < -0.39 is 11.9 Å². The summed E-state index contributed by atoms with van der Waals surface area (Å²) in [5.41, 5.74) is 0.853. The van der Waals surface area contributed by atoms with E-state index in [2.05, 4.69) is 0 Å². The third-order valence-electron chi connectivity index (χ3n) is 4.63. The normalized spacial score (nSPS) is 15.5. The molecule has 138 valence electrons. The molecule has 0 saturated carbocycles. The van der Waals surface area contributed by atoms with Crippen LogP contribution in [0.4, 0.5) is 0 Å². The first-order valence-electron chi connectivity index (χ1n) is 8.68. The van der Waals surface area contributed by atoms with Crippen LogP contribution in [-0.2, 0) is 19.1 Å². The fourth-order valence-electron chi connectivity index (χ4n) is 2.94. The number of carbonyl (C=O) groups is 2. The highest BCUT2D eigenvalue weighted by atomic mass is 16.5. The number of rotatable bonds is 5. The number of morpholine rings is 1. The molecule has 6 heteroatoms. The standard InChI is InChI=1S/C20H23NO5/c1-14(20(23)26-13-19(22)21-7-9-25-10-8-21)15-3-4-17-12-18(24-2)6-5-16(17)11-15/h3-6,11-12,14H,7-10,13H2,1-2H3. The highest BCUT2D eigenvalue weighted by Crippen LogP contribution is 2.25. The van der Waals surface area contributed by atoms with E-state index >= 15 is 0 Å². The van der Waals surface area contributed by atoms with Gasteiger partial charge in [0.05, 0.1) is 26.2 Å². The number of nitrogens with zero attached hydrogens (tertiary/aromatic N) is 1. The van der Waals surface area contributed by atoms with Crippen molar-refractivity contribution in [2.45, 2.75) is 12.8 Å². The third-order valence-corrected chi connectivity index (χ3v) is 4.63. The van der Waals surface area contributed by atoms with Crippen molar-refractivity contribution in [3.8, 4) is 5.75 Å². The van der Waals surface area contributed by atoms with E-state index in [1.165, 1.54) is 0 Å². The molecule has 1 aliphatic heterocycles. The quantitative estimate of drug-likeness (QED) is 0.769. The number of fused-ring (bicyclic) bond motifs is 1. The Morgan fingerprint density at radius 1 is 1.12 bits per heavy atom. The maximum Gasteiger partial charge on any atom is 0.313 e. The monoisotopic (exact) mass is 357 g/mol. The molecule has 1 saturated heterocycles. The first-order valence-corrected chi connectivity index (χ1v) is 8.68. The van der Waals surface area contributed by atoms with E-state index in [0.717, 1.165) is 22.1 Å². The van der Waals surface area contributed by atoms with Crippen molar-refractivity contribution in [1.82, 2.24) is 4.90 Å². The van der Waals surface area contributed by atoms with E-state index in [1.54, 1.807) is 18.9 Å². The van der Waals surface area contributed by atoms with Gasteiger partial charge in [0.25, 0.3) is 5.91 Å². The molecule has 1 aliphatic rings. The summed E-state index contributed by atoms with van der Waals surface area (Å²) < 4.78 is 15.7. The van der Waals surface area contributed by atoms with Crippen LogP contribution in [0.2, 0.25) is 0 Å². The molecule has 1 heterocycles. The molecule has 0 aromatic heterocycles. The van der Waals surface area contributed by atoms with Crippen LogP contribution in [0.15, 0.2) is 36.4 Å². The molecule has 0 bridgehead atoms. The van der Waals surface area contributed by atoms with Crippen LogP contribution in [0.3, 0.4) is 0 Å². The van der Waals surface area contributed by atoms with Gasteiger partial charge >= 0.3 is 5.97 Å². The van der Waals surface area contributed by atoms with E-state index in [0.29, 0.717) is 26.3 Å². The van der Waals surface area contributed by atoms with Crippen LogP contribution in [0, 0.1) is 0 Å². The van der Waals surface area contributed by atoms with Gasteiger partial charge in [-0.1, -0.05) is 24.3 Å². The van der Waals surface area contributed by atoms with Gasteiger partial charge < -0.3 is 19.1 Å². The highest BCUT2D eigenvalue weighted by Gasteiger charge is 2.21. The Hall–Kier alpha value is -2.60. The van der Waals surface area contributed by atoms with Crippen molar-refractivity contribution in [3.63, 3.8) is 0 Å². The number of amides is 1. The maximum atomic E-state index is 12.3. The molecular weight excluding hydrogens is 334 g/mol. The molecule has 0 aliphatic carbocycles. The second-order valence-corrected chi connectivity index (χ2v) is 6.30. The molecule has 1 unspecified atom stereocenters. The Morgan fingerprint density at radius 2 is 1.81 bits per heavy atom. The first kappa shape index (κ1) is 18.2. The summed E-state index contributed by atoms with van der Waals surface area (Å²) in [6.07, 6.45) is 0. The maximum absolute atomic E-state index is 12.3. The van der Waals surface area contributed by atoms with Gasteiger partial charge in [-0.3, -0.25) is 9.59 Å². The fraction of sp³-hybridized carbons (Fsp3) is 0.400. The van der Waals surface area contributed by atoms with E-state index in [1.807, 2.05) is 36.4 Å². The largest absolute Gasteiger partial charge is 0.497 e. The van der Waals surface area contributed by atoms with Gasteiger partial charge in [0.2, 0.25) is 0 Å². The van der Waals surface area contributed by atoms with Crippen molar-refractivity contribution in [2.75, 3.05) is 40.0 Å². The lowest BCUT2D eigenvalue weighted by atomic mass is 9.98. The molecule has 3 rings (SSSR count). The molecule has 1 atom stereocenters. The number of hydrogen-bond donors (Lipinski definition) is 0. The van der Waals surface area contributed by atoms with Gasteiger partial charge in [-0.05, 0) is 35.4 Å². The third kappa shape index (κ3) is 4.14. The number of hydrogen-bond acceptors (Lipinski definition) is 5. The van der Waals surface area contributed by atoms with Gasteiger partial charge in [-0.25, -0.2) is 0 Å². The van der Waals surface area contributed by atoms with Crippen LogP contribution in [0.1, 0.15) is 18.4 Å². The predicted molar refractivity (Wildman–Crippen MR) is 97.3 cm³/mol.